The smallest absolute Gasteiger partial charge is 0.0958 e. The van der Waals surface area contributed by atoms with Gasteiger partial charge in [0.1, 0.15) is 0 Å². The van der Waals surface area contributed by atoms with Crippen molar-refractivity contribution in [2.24, 2.45) is 0 Å². The van der Waals surface area contributed by atoms with Crippen molar-refractivity contribution >= 4 is 23.4 Å². The van der Waals surface area contributed by atoms with Crippen LogP contribution in [0, 0.1) is 0 Å². The number of nitrogens with zero attached hydrogens (tertiary/aromatic N) is 1. The maximum atomic E-state index is 6.05. The lowest BCUT2D eigenvalue weighted by Gasteiger charge is -2.27. The minimum atomic E-state index is 0.118. The molecule has 3 heteroatoms. The zero-order valence-electron chi connectivity index (χ0n) is 14.2. The Morgan fingerprint density at radius 3 is 2.12 bits per heavy atom. The molecule has 3 aromatic carbocycles. The van der Waals surface area contributed by atoms with Crippen LogP contribution in [0.4, 0.5) is 5.69 Å². The van der Waals surface area contributed by atoms with Crippen molar-refractivity contribution in [1.29, 1.82) is 0 Å². The predicted molar refractivity (Wildman–Crippen MR) is 110 cm³/mol. The van der Waals surface area contributed by atoms with Gasteiger partial charge in [-0.15, -0.1) is 0 Å². The molecule has 0 saturated heterocycles. The molecule has 0 bridgehead atoms. The number of hydrogen-bond donors (Lipinski definition) is 1. The predicted octanol–water partition coefficient (Wildman–Crippen LogP) is 6.00. The monoisotopic (exact) mass is 358 g/mol. The van der Waals surface area contributed by atoms with E-state index >= 15 is 0 Å². The van der Waals surface area contributed by atoms with Gasteiger partial charge in [0.15, 0.2) is 0 Å². The van der Waals surface area contributed by atoms with Crippen LogP contribution in [0.5, 0.6) is 0 Å². The summed E-state index contributed by atoms with van der Waals surface area (Å²) in [6.45, 7) is 0. The molecule has 0 saturated carbocycles. The van der Waals surface area contributed by atoms with Crippen LogP contribution >= 0.6 is 11.6 Å². The molecule has 3 aromatic rings. The van der Waals surface area contributed by atoms with Crippen LogP contribution in [-0.4, -0.2) is 0 Å². The number of halogens is 1. The van der Waals surface area contributed by atoms with Crippen molar-refractivity contribution in [3.8, 4) is 0 Å². The van der Waals surface area contributed by atoms with E-state index in [0.29, 0.717) is 0 Å². The Balaban J connectivity index is 1.64. The summed E-state index contributed by atoms with van der Waals surface area (Å²) >= 11 is 6.05. The molecule has 1 atom stereocenters. The Morgan fingerprint density at radius 2 is 1.42 bits per heavy atom. The minimum Gasteiger partial charge on any atom is -0.298 e. The minimum absolute atomic E-state index is 0.118. The molecule has 0 amide bonds. The molecule has 26 heavy (non-hydrogen) atoms. The van der Waals surface area contributed by atoms with Crippen LogP contribution in [0.1, 0.15) is 17.2 Å². The van der Waals surface area contributed by atoms with E-state index in [0.717, 1.165) is 16.4 Å². The SMILES string of the molecule is Clc1ccc(N2NC(C=Cc3ccccc3)=CC2c2ccccc2)cc1. The van der Waals surface area contributed by atoms with Gasteiger partial charge in [-0.3, -0.25) is 10.4 Å². The molecule has 4 rings (SSSR count). The molecule has 0 aromatic heterocycles. The van der Waals surface area contributed by atoms with E-state index in [4.69, 9.17) is 11.6 Å². The normalized spacial score (nSPS) is 16.6. The summed E-state index contributed by atoms with van der Waals surface area (Å²) in [6, 6.07) is 28.8. The summed E-state index contributed by atoms with van der Waals surface area (Å²) in [6.07, 6.45) is 6.47. The highest BCUT2D eigenvalue weighted by Crippen LogP contribution is 2.32. The van der Waals surface area contributed by atoms with Crippen molar-refractivity contribution < 1.29 is 0 Å². The molecule has 1 unspecified atom stereocenters. The topological polar surface area (TPSA) is 15.3 Å². The quantitative estimate of drug-likeness (QED) is 0.615. The van der Waals surface area contributed by atoms with E-state index in [1.54, 1.807) is 0 Å². The van der Waals surface area contributed by atoms with Gasteiger partial charge in [-0.1, -0.05) is 78.3 Å². The van der Waals surface area contributed by atoms with Crippen molar-refractivity contribution in [3.05, 3.63) is 119 Å². The summed E-state index contributed by atoms with van der Waals surface area (Å²) in [5, 5.41) is 2.90. The Bertz CT molecular complexity index is 915. The van der Waals surface area contributed by atoms with Gasteiger partial charge in [0.2, 0.25) is 0 Å². The van der Waals surface area contributed by atoms with Crippen LogP contribution in [-0.2, 0) is 0 Å². The molecule has 0 spiro atoms. The summed E-state index contributed by atoms with van der Waals surface area (Å²) in [7, 11) is 0. The Kier molecular flexibility index (Phi) is 4.76. The van der Waals surface area contributed by atoms with Crippen molar-refractivity contribution in [3.63, 3.8) is 0 Å². The highest BCUT2D eigenvalue weighted by atomic mass is 35.5. The first kappa shape index (κ1) is 16.5. The fourth-order valence-electron chi connectivity index (χ4n) is 3.06. The second-order valence-corrected chi connectivity index (χ2v) is 6.62. The van der Waals surface area contributed by atoms with E-state index in [-0.39, 0.29) is 6.04 Å². The van der Waals surface area contributed by atoms with Gasteiger partial charge in [-0.2, -0.15) is 0 Å². The van der Waals surface area contributed by atoms with Gasteiger partial charge in [-0.25, -0.2) is 0 Å². The fourth-order valence-corrected chi connectivity index (χ4v) is 3.18. The van der Waals surface area contributed by atoms with Crippen LogP contribution in [0.2, 0.25) is 5.02 Å². The molecule has 1 heterocycles. The molecule has 1 aliphatic heterocycles. The number of nitrogens with one attached hydrogen (secondary N) is 1. The molecule has 1 aliphatic rings. The standard InChI is InChI=1S/C23H19ClN2/c24-20-12-15-22(16-13-20)26-23(19-9-5-2-6-10-19)17-21(25-26)14-11-18-7-3-1-4-8-18/h1-17,23,25H. The second-order valence-electron chi connectivity index (χ2n) is 6.18. The average Bonchev–Trinajstić information content (AvgIpc) is 3.13. The fraction of sp³-hybridized carbons (Fsp3) is 0.0435. The first-order valence-electron chi connectivity index (χ1n) is 8.61. The van der Waals surface area contributed by atoms with Gasteiger partial charge < -0.3 is 0 Å². The van der Waals surface area contributed by atoms with E-state index in [2.05, 4.69) is 65.1 Å². The van der Waals surface area contributed by atoms with Crippen LogP contribution in [0.15, 0.2) is 103 Å². The number of rotatable bonds is 4. The zero-order chi connectivity index (χ0) is 17.8. The number of benzene rings is 3. The molecular weight excluding hydrogens is 340 g/mol. The molecule has 2 nitrogen and oxygen atoms in total. The van der Waals surface area contributed by atoms with Crippen molar-refractivity contribution in [2.45, 2.75) is 6.04 Å². The van der Waals surface area contributed by atoms with Gasteiger partial charge >= 0.3 is 0 Å². The van der Waals surface area contributed by atoms with Crippen LogP contribution in [0.3, 0.4) is 0 Å². The lowest BCUT2D eigenvalue weighted by Crippen LogP contribution is -2.33. The first-order chi connectivity index (χ1) is 12.8. The van der Waals surface area contributed by atoms with Gasteiger partial charge in [0.25, 0.3) is 0 Å². The van der Waals surface area contributed by atoms with Gasteiger partial charge in [0, 0.05) is 5.02 Å². The molecule has 0 radical (unpaired) electrons. The summed E-state index contributed by atoms with van der Waals surface area (Å²) in [5.41, 5.74) is 8.06. The lowest BCUT2D eigenvalue weighted by atomic mass is 10.1. The van der Waals surface area contributed by atoms with E-state index < -0.39 is 0 Å². The van der Waals surface area contributed by atoms with Gasteiger partial charge in [0.05, 0.1) is 17.4 Å². The lowest BCUT2D eigenvalue weighted by molar-refractivity contribution is 0.710. The third-order valence-corrected chi connectivity index (χ3v) is 4.62. The largest absolute Gasteiger partial charge is 0.298 e. The molecule has 0 fully saturated rings. The van der Waals surface area contributed by atoms with Crippen LogP contribution in [0.25, 0.3) is 6.08 Å². The van der Waals surface area contributed by atoms with E-state index in [9.17, 15) is 0 Å². The molecule has 1 N–H and O–H groups in total. The molecule has 0 aliphatic carbocycles. The summed E-state index contributed by atoms with van der Waals surface area (Å²) in [4.78, 5) is 0. The molecule has 128 valence electrons. The maximum Gasteiger partial charge on any atom is 0.0958 e. The van der Waals surface area contributed by atoms with E-state index in [1.807, 2.05) is 48.5 Å². The highest BCUT2D eigenvalue weighted by Gasteiger charge is 2.25. The Labute approximate surface area is 159 Å². The third-order valence-electron chi connectivity index (χ3n) is 4.37. The van der Waals surface area contributed by atoms with E-state index in [1.165, 1.54) is 11.1 Å². The average molecular weight is 359 g/mol. The Morgan fingerprint density at radius 1 is 0.769 bits per heavy atom. The third kappa shape index (κ3) is 3.66. The number of hydrogen-bond acceptors (Lipinski definition) is 2. The number of hydrazine groups is 1. The number of anilines is 1. The van der Waals surface area contributed by atoms with Gasteiger partial charge in [-0.05, 0) is 47.5 Å². The maximum absolute atomic E-state index is 6.05. The van der Waals surface area contributed by atoms with Crippen molar-refractivity contribution in [1.82, 2.24) is 5.43 Å². The van der Waals surface area contributed by atoms with Crippen molar-refractivity contribution in [2.75, 3.05) is 5.01 Å². The highest BCUT2D eigenvalue weighted by molar-refractivity contribution is 6.30. The van der Waals surface area contributed by atoms with Crippen LogP contribution < -0.4 is 10.4 Å². The zero-order valence-corrected chi connectivity index (χ0v) is 15.0. The first-order valence-corrected chi connectivity index (χ1v) is 8.99. The number of allylic oxidation sites excluding steroid dienone is 1. The second kappa shape index (κ2) is 7.51. The summed E-state index contributed by atoms with van der Waals surface area (Å²) in [5.74, 6) is 0. The summed E-state index contributed by atoms with van der Waals surface area (Å²) < 4.78 is 0. The molecular formula is C23H19ClN2. The Hall–Kier alpha value is -2.97.